The van der Waals surface area contributed by atoms with E-state index in [0.717, 1.165) is 31.5 Å². The molecule has 0 aromatic carbocycles. The zero-order chi connectivity index (χ0) is 12.5. The molecule has 1 aromatic heterocycles. The van der Waals surface area contributed by atoms with Crippen LogP contribution in [0.1, 0.15) is 50.9 Å². The Labute approximate surface area is 103 Å². The number of aryl methyl sites for hydroxylation is 1. The van der Waals surface area contributed by atoms with Crippen molar-refractivity contribution in [2.75, 3.05) is 6.54 Å². The maximum absolute atomic E-state index is 11.3. The maximum Gasteiger partial charge on any atom is 0.248 e. The molecule has 0 unspecified atom stereocenters. The van der Waals surface area contributed by atoms with Gasteiger partial charge in [-0.15, -0.1) is 0 Å². The van der Waals surface area contributed by atoms with Crippen LogP contribution >= 0.6 is 0 Å². The summed E-state index contributed by atoms with van der Waals surface area (Å²) in [5.41, 5.74) is 2.70. The van der Waals surface area contributed by atoms with E-state index >= 15 is 0 Å². The summed E-state index contributed by atoms with van der Waals surface area (Å²) in [6.07, 6.45) is 3.31. The molecule has 1 heterocycles. The Morgan fingerprint density at radius 3 is 2.88 bits per heavy atom. The lowest BCUT2D eigenvalue weighted by atomic mass is 9.89. The second-order valence-corrected chi connectivity index (χ2v) is 6.14. The van der Waals surface area contributed by atoms with Gasteiger partial charge in [-0.05, 0) is 30.2 Å². The lowest BCUT2D eigenvalue weighted by molar-refractivity contribution is 0.336. The number of H-pyrrole nitrogens is 1. The number of pyridine rings is 1. The number of fused-ring (bicyclic) bond motifs is 1. The fourth-order valence-corrected chi connectivity index (χ4v) is 2.34. The molecule has 0 aliphatic heterocycles. The van der Waals surface area contributed by atoms with E-state index in [1.54, 1.807) is 6.07 Å². The molecule has 0 saturated carbocycles. The predicted octanol–water partition coefficient (Wildman–Crippen LogP) is 2.39. The van der Waals surface area contributed by atoms with Crippen LogP contribution in [0.4, 0.5) is 0 Å². The Kier molecular flexibility index (Phi) is 3.38. The average Bonchev–Trinajstić information content (AvgIpc) is 2.24. The van der Waals surface area contributed by atoms with Gasteiger partial charge in [0.15, 0.2) is 0 Å². The van der Waals surface area contributed by atoms with Crippen molar-refractivity contribution in [1.29, 1.82) is 0 Å². The summed E-state index contributed by atoms with van der Waals surface area (Å²) in [5, 5.41) is 3.62. The van der Waals surface area contributed by atoms with Gasteiger partial charge in [0.05, 0.1) is 0 Å². The van der Waals surface area contributed by atoms with Crippen LogP contribution < -0.4 is 10.9 Å². The van der Waals surface area contributed by atoms with Crippen molar-refractivity contribution in [3.63, 3.8) is 0 Å². The molecule has 2 N–H and O–H groups in total. The van der Waals surface area contributed by atoms with Gasteiger partial charge < -0.3 is 10.3 Å². The standard InChI is InChI=1S/C14H22N2O/c1-14(2,3)9-15-11-5-4-6-12-10(11)7-8-13(17)16-12/h7-8,11,15H,4-6,9H2,1-3H3,(H,16,17)/t11-/m0/s1. The Bertz CT molecular complexity index is 442. The first-order valence-electron chi connectivity index (χ1n) is 6.41. The molecule has 1 atom stereocenters. The molecule has 0 saturated heterocycles. The molecule has 3 nitrogen and oxygen atoms in total. The molecule has 1 aliphatic rings. The van der Waals surface area contributed by atoms with E-state index in [4.69, 9.17) is 0 Å². The summed E-state index contributed by atoms with van der Waals surface area (Å²) < 4.78 is 0. The van der Waals surface area contributed by atoms with Crippen LogP contribution in [-0.4, -0.2) is 11.5 Å². The molecule has 1 aliphatic carbocycles. The summed E-state index contributed by atoms with van der Waals surface area (Å²) in [7, 11) is 0. The van der Waals surface area contributed by atoms with E-state index in [1.807, 2.05) is 6.07 Å². The second kappa shape index (κ2) is 4.65. The molecule has 1 aromatic rings. The molecule has 2 rings (SSSR count). The first kappa shape index (κ1) is 12.4. The van der Waals surface area contributed by atoms with Crippen molar-refractivity contribution in [3.8, 4) is 0 Å². The highest BCUT2D eigenvalue weighted by atomic mass is 16.1. The van der Waals surface area contributed by atoms with E-state index in [2.05, 4.69) is 31.1 Å². The summed E-state index contributed by atoms with van der Waals surface area (Å²) in [6, 6.07) is 4.01. The van der Waals surface area contributed by atoms with Crippen molar-refractivity contribution in [2.45, 2.75) is 46.1 Å². The maximum atomic E-state index is 11.3. The van der Waals surface area contributed by atoms with Gasteiger partial charge in [0.1, 0.15) is 0 Å². The van der Waals surface area contributed by atoms with Gasteiger partial charge in [0.2, 0.25) is 5.56 Å². The topological polar surface area (TPSA) is 44.9 Å². The molecule has 94 valence electrons. The molecular weight excluding hydrogens is 212 g/mol. The molecule has 0 fully saturated rings. The Morgan fingerprint density at radius 1 is 1.41 bits per heavy atom. The highest BCUT2D eigenvalue weighted by Gasteiger charge is 2.22. The van der Waals surface area contributed by atoms with E-state index in [1.165, 1.54) is 5.56 Å². The molecule has 3 heteroatoms. The molecule has 17 heavy (non-hydrogen) atoms. The normalized spacial score (nSPS) is 20.1. The third-order valence-corrected chi connectivity index (χ3v) is 3.21. The highest BCUT2D eigenvalue weighted by Crippen LogP contribution is 2.28. The monoisotopic (exact) mass is 234 g/mol. The van der Waals surface area contributed by atoms with Crippen molar-refractivity contribution in [2.24, 2.45) is 5.41 Å². The fraction of sp³-hybridized carbons (Fsp3) is 0.643. The minimum absolute atomic E-state index is 0.0141. The number of hydrogen-bond donors (Lipinski definition) is 2. The van der Waals surface area contributed by atoms with Crippen molar-refractivity contribution < 1.29 is 0 Å². The zero-order valence-corrected chi connectivity index (χ0v) is 11.0. The summed E-state index contributed by atoms with van der Waals surface area (Å²) >= 11 is 0. The van der Waals surface area contributed by atoms with Crippen molar-refractivity contribution in [3.05, 3.63) is 33.7 Å². The first-order chi connectivity index (χ1) is 7.96. The zero-order valence-electron chi connectivity index (χ0n) is 11.0. The van der Waals surface area contributed by atoms with Crippen LogP contribution in [0.5, 0.6) is 0 Å². The summed E-state index contributed by atoms with van der Waals surface area (Å²) in [5.74, 6) is 0. The van der Waals surface area contributed by atoms with Crippen LogP contribution in [0.2, 0.25) is 0 Å². The lowest BCUT2D eigenvalue weighted by Gasteiger charge is -2.29. The fourth-order valence-electron chi connectivity index (χ4n) is 2.34. The number of rotatable bonds is 2. The van der Waals surface area contributed by atoms with Gasteiger partial charge >= 0.3 is 0 Å². The number of aromatic amines is 1. The Hall–Kier alpha value is -1.09. The van der Waals surface area contributed by atoms with Crippen LogP contribution in [0.15, 0.2) is 16.9 Å². The van der Waals surface area contributed by atoms with E-state index in [0.29, 0.717) is 11.5 Å². The third-order valence-electron chi connectivity index (χ3n) is 3.21. The SMILES string of the molecule is CC(C)(C)CN[C@H]1CCCc2[nH]c(=O)ccc21. The number of nitrogens with one attached hydrogen (secondary N) is 2. The third kappa shape index (κ3) is 3.19. The van der Waals surface area contributed by atoms with Crippen LogP contribution in [0.25, 0.3) is 0 Å². The largest absolute Gasteiger partial charge is 0.326 e. The second-order valence-electron chi connectivity index (χ2n) is 6.14. The van der Waals surface area contributed by atoms with Gasteiger partial charge in [0.25, 0.3) is 0 Å². The molecule has 0 spiro atoms. The van der Waals surface area contributed by atoms with Gasteiger partial charge in [-0.1, -0.05) is 26.8 Å². The van der Waals surface area contributed by atoms with Crippen molar-refractivity contribution in [1.82, 2.24) is 10.3 Å². The smallest absolute Gasteiger partial charge is 0.248 e. The van der Waals surface area contributed by atoms with E-state index in [-0.39, 0.29) is 5.56 Å². The Morgan fingerprint density at radius 2 is 2.18 bits per heavy atom. The number of hydrogen-bond acceptors (Lipinski definition) is 2. The van der Waals surface area contributed by atoms with Gasteiger partial charge in [-0.25, -0.2) is 0 Å². The van der Waals surface area contributed by atoms with Gasteiger partial charge in [-0.2, -0.15) is 0 Å². The van der Waals surface area contributed by atoms with Crippen LogP contribution in [-0.2, 0) is 6.42 Å². The minimum Gasteiger partial charge on any atom is -0.326 e. The van der Waals surface area contributed by atoms with Crippen LogP contribution in [0.3, 0.4) is 0 Å². The van der Waals surface area contributed by atoms with Gasteiger partial charge in [0, 0.05) is 24.3 Å². The first-order valence-corrected chi connectivity index (χ1v) is 6.41. The van der Waals surface area contributed by atoms with E-state index < -0.39 is 0 Å². The molecular formula is C14H22N2O. The summed E-state index contributed by atoms with van der Waals surface area (Å²) in [4.78, 5) is 14.2. The minimum atomic E-state index is 0.0141. The molecule has 0 bridgehead atoms. The summed E-state index contributed by atoms with van der Waals surface area (Å²) in [6.45, 7) is 7.69. The highest BCUT2D eigenvalue weighted by molar-refractivity contribution is 5.26. The van der Waals surface area contributed by atoms with Crippen LogP contribution in [0, 0.1) is 5.41 Å². The average molecular weight is 234 g/mol. The predicted molar refractivity (Wildman–Crippen MR) is 70.2 cm³/mol. The lowest BCUT2D eigenvalue weighted by Crippen LogP contribution is -2.33. The Balaban J connectivity index is 2.15. The quantitative estimate of drug-likeness (QED) is 0.825. The van der Waals surface area contributed by atoms with E-state index in [9.17, 15) is 4.79 Å². The number of aromatic nitrogens is 1. The molecule has 0 radical (unpaired) electrons. The van der Waals surface area contributed by atoms with Crippen molar-refractivity contribution >= 4 is 0 Å². The molecule has 0 amide bonds. The van der Waals surface area contributed by atoms with Gasteiger partial charge in [-0.3, -0.25) is 4.79 Å².